The molecule has 124 valence electrons. The molecule has 3 heterocycles. The fourth-order valence-corrected chi connectivity index (χ4v) is 4.14. The summed E-state index contributed by atoms with van der Waals surface area (Å²) in [5.74, 6) is 1.27. The van der Waals surface area contributed by atoms with E-state index in [0.717, 1.165) is 48.9 Å². The number of imidazole rings is 1. The number of rotatable bonds is 5. The van der Waals surface area contributed by atoms with E-state index >= 15 is 0 Å². The van der Waals surface area contributed by atoms with Gasteiger partial charge in [0.05, 0.1) is 6.04 Å². The lowest BCUT2D eigenvalue weighted by Crippen LogP contribution is -2.38. The van der Waals surface area contributed by atoms with Crippen molar-refractivity contribution < 1.29 is 4.79 Å². The second-order valence-electron chi connectivity index (χ2n) is 6.20. The number of hydrogen-bond acceptors (Lipinski definition) is 4. The predicted octanol–water partition coefficient (Wildman–Crippen LogP) is 3.49. The van der Waals surface area contributed by atoms with E-state index in [1.54, 1.807) is 11.3 Å². The van der Waals surface area contributed by atoms with Crippen LogP contribution in [-0.2, 0) is 11.3 Å². The van der Waals surface area contributed by atoms with Crippen molar-refractivity contribution in [3.8, 4) is 0 Å². The molecule has 1 amide bonds. The van der Waals surface area contributed by atoms with Gasteiger partial charge in [-0.05, 0) is 39.5 Å². The largest absolute Gasteiger partial charge is 0.335 e. The molecule has 0 spiro atoms. The number of aryl methyl sites for hydroxylation is 3. The normalized spacial score (nSPS) is 18.3. The summed E-state index contributed by atoms with van der Waals surface area (Å²) in [5.41, 5.74) is 1.05. The molecule has 0 radical (unpaired) electrons. The third-order valence-electron chi connectivity index (χ3n) is 4.46. The molecule has 2 aromatic heterocycles. The molecule has 1 atom stereocenters. The number of nitrogens with zero attached hydrogens (tertiary/aromatic N) is 4. The number of aromatic nitrogens is 3. The molecule has 0 bridgehead atoms. The van der Waals surface area contributed by atoms with Crippen molar-refractivity contribution in [2.75, 3.05) is 6.54 Å². The molecule has 3 rings (SSSR count). The van der Waals surface area contributed by atoms with E-state index in [4.69, 9.17) is 0 Å². The minimum absolute atomic E-state index is 0.185. The molecule has 5 nitrogen and oxygen atoms in total. The van der Waals surface area contributed by atoms with Gasteiger partial charge in [0, 0.05) is 43.0 Å². The van der Waals surface area contributed by atoms with Crippen molar-refractivity contribution in [2.45, 2.75) is 58.5 Å². The van der Waals surface area contributed by atoms with Gasteiger partial charge in [-0.2, -0.15) is 0 Å². The number of thiazole rings is 1. The predicted molar refractivity (Wildman–Crippen MR) is 91.4 cm³/mol. The summed E-state index contributed by atoms with van der Waals surface area (Å²) < 4.78 is 2.10. The SMILES string of the molecule is Cc1csc(C2CCCCN2C(=O)CCCn2ccnc2C)n1. The van der Waals surface area contributed by atoms with Crippen LogP contribution in [0.15, 0.2) is 17.8 Å². The van der Waals surface area contributed by atoms with Crippen LogP contribution in [0.2, 0.25) is 0 Å². The molecule has 0 aliphatic carbocycles. The molecule has 0 N–H and O–H groups in total. The first-order chi connectivity index (χ1) is 11.1. The molecular formula is C17H24N4OS. The van der Waals surface area contributed by atoms with Crippen LogP contribution >= 0.6 is 11.3 Å². The maximum atomic E-state index is 12.7. The molecule has 23 heavy (non-hydrogen) atoms. The summed E-state index contributed by atoms with van der Waals surface area (Å²) in [4.78, 5) is 23.6. The van der Waals surface area contributed by atoms with Crippen LogP contribution in [0.1, 0.15) is 54.7 Å². The molecule has 0 saturated carbocycles. The Hall–Kier alpha value is -1.69. The van der Waals surface area contributed by atoms with Crippen LogP contribution < -0.4 is 0 Å². The van der Waals surface area contributed by atoms with Crippen molar-refractivity contribution in [1.82, 2.24) is 19.4 Å². The van der Waals surface area contributed by atoms with Crippen molar-refractivity contribution in [3.05, 3.63) is 34.3 Å². The Morgan fingerprint density at radius 1 is 1.39 bits per heavy atom. The number of amides is 1. The van der Waals surface area contributed by atoms with Crippen molar-refractivity contribution in [3.63, 3.8) is 0 Å². The highest BCUT2D eigenvalue weighted by Gasteiger charge is 2.29. The second-order valence-corrected chi connectivity index (χ2v) is 7.09. The maximum Gasteiger partial charge on any atom is 0.223 e. The molecule has 6 heteroatoms. The van der Waals surface area contributed by atoms with Crippen LogP contribution in [0, 0.1) is 13.8 Å². The van der Waals surface area contributed by atoms with E-state index in [-0.39, 0.29) is 11.9 Å². The van der Waals surface area contributed by atoms with E-state index in [2.05, 4.69) is 24.8 Å². The van der Waals surface area contributed by atoms with Crippen LogP contribution in [0.25, 0.3) is 0 Å². The molecule has 1 aliphatic heterocycles. The lowest BCUT2D eigenvalue weighted by molar-refractivity contribution is -0.135. The highest BCUT2D eigenvalue weighted by atomic mass is 32.1. The van der Waals surface area contributed by atoms with E-state index in [0.29, 0.717) is 6.42 Å². The molecular weight excluding hydrogens is 308 g/mol. The summed E-state index contributed by atoms with van der Waals surface area (Å²) in [5, 5.41) is 3.18. The Labute approximate surface area is 141 Å². The summed E-state index contributed by atoms with van der Waals surface area (Å²) in [6.45, 7) is 5.73. The minimum atomic E-state index is 0.185. The first-order valence-electron chi connectivity index (χ1n) is 8.34. The average molecular weight is 332 g/mol. The number of hydrogen-bond donors (Lipinski definition) is 0. The first kappa shape index (κ1) is 16.2. The van der Waals surface area contributed by atoms with Crippen LogP contribution in [0.4, 0.5) is 0 Å². The Balaban J connectivity index is 1.59. The quantitative estimate of drug-likeness (QED) is 0.842. The van der Waals surface area contributed by atoms with Gasteiger partial charge in [0.1, 0.15) is 10.8 Å². The van der Waals surface area contributed by atoms with Crippen molar-refractivity contribution >= 4 is 17.2 Å². The molecule has 1 saturated heterocycles. The number of carbonyl (C=O) groups excluding carboxylic acids is 1. The lowest BCUT2D eigenvalue weighted by atomic mass is 10.0. The van der Waals surface area contributed by atoms with Crippen molar-refractivity contribution in [1.29, 1.82) is 0 Å². The Morgan fingerprint density at radius 3 is 2.96 bits per heavy atom. The molecule has 2 aromatic rings. The van der Waals surface area contributed by atoms with Gasteiger partial charge in [-0.25, -0.2) is 9.97 Å². The van der Waals surface area contributed by atoms with Gasteiger partial charge in [0.15, 0.2) is 0 Å². The van der Waals surface area contributed by atoms with Crippen molar-refractivity contribution in [2.24, 2.45) is 0 Å². The maximum absolute atomic E-state index is 12.7. The Morgan fingerprint density at radius 2 is 2.26 bits per heavy atom. The first-order valence-corrected chi connectivity index (χ1v) is 9.22. The van der Waals surface area contributed by atoms with E-state index in [1.807, 2.05) is 26.2 Å². The minimum Gasteiger partial charge on any atom is -0.335 e. The van der Waals surface area contributed by atoms with Crippen LogP contribution in [0.5, 0.6) is 0 Å². The molecule has 1 fully saturated rings. The van der Waals surface area contributed by atoms with E-state index < -0.39 is 0 Å². The average Bonchev–Trinajstić information content (AvgIpc) is 3.16. The fraction of sp³-hybridized carbons (Fsp3) is 0.588. The third-order valence-corrected chi connectivity index (χ3v) is 5.52. The van der Waals surface area contributed by atoms with Gasteiger partial charge in [-0.15, -0.1) is 11.3 Å². The molecule has 1 unspecified atom stereocenters. The van der Waals surface area contributed by atoms with Gasteiger partial charge in [0.25, 0.3) is 0 Å². The van der Waals surface area contributed by atoms with Gasteiger partial charge < -0.3 is 9.47 Å². The summed E-state index contributed by atoms with van der Waals surface area (Å²) in [6, 6.07) is 0.185. The van der Waals surface area contributed by atoms with Gasteiger partial charge in [-0.1, -0.05) is 0 Å². The highest BCUT2D eigenvalue weighted by Crippen LogP contribution is 2.33. The van der Waals surface area contributed by atoms with E-state index in [1.165, 1.54) is 6.42 Å². The Bertz CT molecular complexity index is 663. The Kier molecular flexibility index (Phi) is 5.10. The number of piperidine rings is 1. The zero-order valence-electron chi connectivity index (χ0n) is 13.9. The number of likely N-dealkylation sites (tertiary alicyclic amines) is 1. The second kappa shape index (κ2) is 7.25. The zero-order chi connectivity index (χ0) is 16.2. The standard InChI is InChI=1S/C17H24N4OS/c1-13-12-23-17(19-13)15-6-3-4-10-21(15)16(22)7-5-9-20-11-8-18-14(20)2/h8,11-12,15H,3-7,9-10H2,1-2H3. The van der Waals surface area contributed by atoms with Crippen LogP contribution in [-0.4, -0.2) is 31.9 Å². The van der Waals surface area contributed by atoms with Crippen LogP contribution in [0.3, 0.4) is 0 Å². The monoisotopic (exact) mass is 332 g/mol. The summed E-state index contributed by atoms with van der Waals surface area (Å²) in [6.07, 6.45) is 8.56. The number of carbonyl (C=O) groups is 1. The zero-order valence-corrected chi connectivity index (χ0v) is 14.7. The smallest absolute Gasteiger partial charge is 0.223 e. The third kappa shape index (κ3) is 3.80. The summed E-state index contributed by atoms with van der Waals surface area (Å²) in [7, 11) is 0. The summed E-state index contributed by atoms with van der Waals surface area (Å²) >= 11 is 1.68. The van der Waals surface area contributed by atoms with Gasteiger partial charge in [0.2, 0.25) is 5.91 Å². The topological polar surface area (TPSA) is 51.0 Å². The molecule has 0 aromatic carbocycles. The van der Waals surface area contributed by atoms with Gasteiger partial charge >= 0.3 is 0 Å². The highest BCUT2D eigenvalue weighted by molar-refractivity contribution is 7.09. The van der Waals surface area contributed by atoms with E-state index in [9.17, 15) is 4.79 Å². The molecule has 1 aliphatic rings. The lowest BCUT2D eigenvalue weighted by Gasteiger charge is -2.34. The fourth-order valence-electron chi connectivity index (χ4n) is 3.20. The van der Waals surface area contributed by atoms with Gasteiger partial charge in [-0.3, -0.25) is 4.79 Å².